The zero-order chi connectivity index (χ0) is 23.2. The number of carbonyl (C=O) groups excluding carboxylic acids is 2. The van der Waals surface area contributed by atoms with Crippen LogP contribution in [-0.2, 0) is 19.1 Å². The molecule has 0 aliphatic heterocycles. The minimum absolute atomic E-state index is 0.147. The average Bonchev–Trinajstić information content (AvgIpc) is 2.62. The molecule has 0 radical (unpaired) electrons. The van der Waals surface area contributed by atoms with Crippen LogP contribution in [0.5, 0.6) is 0 Å². The predicted octanol–water partition coefficient (Wildman–Crippen LogP) is 5.11. The summed E-state index contributed by atoms with van der Waals surface area (Å²) in [6.07, 6.45) is 6.77. The molecule has 3 aliphatic carbocycles. The number of alkyl halides is 1. The van der Waals surface area contributed by atoms with Crippen molar-refractivity contribution in [3.63, 3.8) is 0 Å². The molecule has 1 N–H and O–H groups in total. The van der Waals surface area contributed by atoms with Crippen molar-refractivity contribution in [3.05, 3.63) is 0 Å². The van der Waals surface area contributed by atoms with E-state index in [1.54, 1.807) is 0 Å². The first-order chi connectivity index (χ1) is 14.3. The van der Waals surface area contributed by atoms with Crippen LogP contribution in [0.1, 0.15) is 86.5 Å². The quantitative estimate of drug-likeness (QED) is 0.459. The molecule has 7 atom stereocenters. The lowest BCUT2D eigenvalue weighted by Crippen LogP contribution is -2.63. The summed E-state index contributed by atoms with van der Waals surface area (Å²) in [4.78, 5) is 24.0. The summed E-state index contributed by atoms with van der Waals surface area (Å²) in [6.45, 7) is 12.3. The monoisotopic (exact) mass is 456 g/mol. The SMILES string of the molecule is CC(=O)OC(CO)COC(=O)C1C(C)(Cl)CCC2C3(C)CCCC(C)(C)C3CCC12C. The van der Waals surface area contributed by atoms with Crippen LogP contribution in [0, 0.1) is 34.0 Å². The fourth-order valence-corrected chi connectivity index (χ4v) is 8.53. The highest BCUT2D eigenvalue weighted by Gasteiger charge is 2.65. The smallest absolute Gasteiger partial charge is 0.311 e. The van der Waals surface area contributed by atoms with Crippen LogP contribution >= 0.6 is 11.6 Å². The number of halogens is 1. The van der Waals surface area contributed by atoms with E-state index in [9.17, 15) is 14.7 Å². The average molecular weight is 457 g/mol. The Labute approximate surface area is 192 Å². The number of aliphatic hydroxyl groups is 1. The molecule has 0 aromatic rings. The van der Waals surface area contributed by atoms with Crippen molar-refractivity contribution in [3.8, 4) is 0 Å². The standard InChI is InChI=1S/C25H41ClO5/c1-16(28)31-17(14-27)15-30-21(29)20-24(5)12-8-18-22(2,3)10-7-11-23(18,4)19(24)9-13-25(20,6)26/h17-20,27H,7-15H2,1-6H3. The van der Waals surface area contributed by atoms with Crippen molar-refractivity contribution in [1.82, 2.24) is 0 Å². The van der Waals surface area contributed by atoms with Crippen LogP contribution in [0.15, 0.2) is 0 Å². The summed E-state index contributed by atoms with van der Waals surface area (Å²) in [7, 11) is 0. The Balaban J connectivity index is 1.86. The van der Waals surface area contributed by atoms with Crippen molar-refractivity contribution in [2.45, 2.75) is 97.5 Å². The van der Waals surface area contributed by atoms with Gasteiger partial charge in [-0.2, -0.15) is 0 Å². The second kappa shape index (κ2) is 8.52. The fraction of sp³-hybridized carbons (Fsp3) is 0.920. The molecule has 178 valence electrons. The molecule has 0 spiro atoms. The topological polar surface area (TPSA) is 72.8 Å². The van der Waals surface area contributed by atoms with Gasteiger partial charge in [-0.15, -0.1) is 11.6 Å². The highest BCUT2D eigenvalue weighted by Crippen LogP contribution is 2.70. The molecule has 0 heterocycles. The van der Waals surface area contributed by atoms with Gasteiger partial charge in [0.25, 0.3) is 0 Å². The number of fused-ring (bicyclic) bond motifs is 3. The number of carbonyl (C=O) groups is 2. The summed E-state index contributed by atoms with van der Waals surface area (Å²) < 4.78 is 10.7. The van der Waals surface area contributed by atoms with Gasteiger partial charge in [-0.3, -0.25) is 9.59 Å². The van der Waals surface area contributed by atoms with Crippen LogP contribution in [0.2, 0.25) is 0 Å². The number of hydrogen-bond acceptors (Lipinski definition) is 5. The van der Waals surface area contributed by atoms with Crippen molar-refractivity contribution in [2.75, 3.05) is 13.2 Å². The Morgan fingerprint density at radius 1 is 1.00 bits per heavy atom. The van der Waals surface area contributed by atoms with Gasteiger partial charge in [0.2, 0.25) is 0 Å². The normalized spacial score (nSPS) is 42.6. The van der Waals surface area contributed by atoms with E-state index < -0.39 is 22.9 Å². The van der Waals surface area contributed by atoms with E-state index in [2.05, 4.69) is 27.7 Å². The summed E-state index contributed by atoms with van der Waals surface area (Å²) >= 11 is 7.02. The van der Waals surface area contributed by atoms with Crippen molar-refractivity contribution in [1.29, 1.82) is 0 Å². The highest BCUT2D eigenvalue weighted by molar-refractivity contribution is 6.25. The van der Waals surface area contributed by atoms with Gasteiger partial charge in [-0.25, -0.2) is 0 Å². The molecule has 3 rings (SSSR count). The zero-order valence-electron chi connectivity index (χ0n) is 20.1. The molecule has 7 unspecified atom stereocenters. The predicted molar refractivity (Wildman–Crippen MR) is 121 cm³/mol. The van der Waals surface area contributed by atoms with E-state index in [-0.39, 0.29) is 30.0 Å². The first-order valence-corrected chi connectivity index (χ1v) is 12.3. The fourth-order valence-electron chi connectivity index (χ4n) is 8.08. The van der Waals surface area contributed by atoms with Crippen LogP contribution in [0.3, 0.4) is 0 Å². The molecule has 0 amide bonds. The second-order valence-corrected chi connectivity index (χ2v) is 12.7. The zero-order valence-corrected chi connectivity index (χ0v) is 20.9. The van der Waals surface area contributed by atoms with E-state index in [0.717, 1.165) is 25.7 Å². The summed E-state index contributed by atoms with van der Waals surface area (Å²) in [5, 5.41) is 9.46. The second-order valence-electron chi connectivity index (χ2n) is 11.8. The lowest BCUT2D eigenvalue weighted by molar-refractivity contribution is -0.192. The van der Waals surface area contributed by atoms with Crippen LogP contribution in [-0.4, -0.2) is 41.2 Å². The summed E-state index contributed by atoms with van der Waals surface area (Å²) in [5.74, 6) is -0.184. The van der Waals surface area contributed by atoms with Crippen LogP contribution in [0.4, 0.5) is 0 Å². The van der Waals surface area contributed by atoms with E-state index in [4.69, 9.17) is 21.1 Å². The van der Waals surface area contributed by atoms with Gasteiger partial charge >= 0.3 is 11.9 Å². The van der Waals surface area contributed by atoms with Gasteiger partial charge in [-0.05, 0) is 73.5 Å². The van der Waals surface area contributed by atoms with E-state index in [0.29, 0.717) is 17.3 Å². The Morgan fingerprint density at radius 2 is 1.65 bits per heavy atom. The minimum Gasteiger partial charge on any atom is -0.461 e. The number of rotatable bonds is 5. The first-order valence-electron chi connectivity index (χ1n) is 11.9. The summed E-state index contributed by atoms with van der Waals surface area (Å²) in [6, 6.07) is 0. The van der Waals surface area contributed by atoms with Gasteiger partial charge in [0.15, 0.2) is 6.10 Å². The molecule has 0 saturated heterocycles. The largest absolute Gasteiger partial charge is 0.461 e. The van der Waals surface area contributed by atoms with E-state index in [1.165, 1.54) is 26.2 Å². The molecule has 0 aromatic heterocycles. The summed E-state index contributed by atoms with van der Waals surface area (Å²) in [5.41, 5.74) is 0.289. The Kier molecular flexibility index (Phi) is 6.82. The maximum absolute atomic E-state index is 13.4. The van der Waals surface area contributed by atoms with E-state index in [1.807, 2.05) is 6.92 Å². The molecule has 0 aromatic carbocycles. The third kappa shape index (κ3) is 4.38. The van der Waals surface area contributed by atoms with Crippen molar-refractivity contribution in [2.24, 2.45) is 34.0 Å². The molecular formula is C25H41ClO5. The molecule has 3 saturated carbocycles. The minimum atomic E-state index is -0.845. The van der Waals surface area contributed by atoms with Crippen LogP contribution in [0.25, 0.3) is 0 Å². The van der Waals surface area contributed by atoms with Gasteiger partial charge in [0.05, 0.1) is 17.4 Å². The van der Waals surface area contributed by atoms with Crippen LogP contribution < -0.4 is 0 Å². The lowest BCUT2D eigenvalue weighted by Gasteiger charge is -2.66. The number of ether oxygens (including phenoxy) is 2. The lowest BCUT2D eigenvalue weighted by atomic mass is 9.38. The molecule has 3 aliphatic rings. The first kappa shape index (κ1) is 24.8. The highest BCUT2D eigenvalue weighted by atomic mass is 35.5. The van der Waals surface area contributed by atoms with Gasteiger partial charge in [0, 0.05) is 6.92 Å². The molecule has 31 heavy (non-hydrogen) atoms. The van der Waals surface area contributed by atoms with Gasteiger partial charge in [-0.1, -0.05) is 34.1 Å². The molecule has 5 nitrogen and oxygen atoms in total. The molecular weight excluding hydrogens is 416 g/mol. The Morgan fingerprint density at radius 3 is 2.26 bits per heavy atom. The molecule has 3 fully saturated rings. The Bertz CT molecular complexity index is 704. The number of aliphatic hydroxyl groups excluding tert-OH is 1. The maximum atomic E-state index is 13.4. The number of hydrogen-bond donors (Lipinski definition) is 1. The number of esters is 2. The van der Waals surface area contributed by atoms with Gasteiger partial charge in [0.1, 0.15) is 6.61 Å². The molecule has 6 heteroatoms. The van der Waals surface area contributed by atoms with Crippen molar-refractivity contribution >= 4 is 23.5 Å². The Hall–Kier alpha value is -0.810. The maximum Gasteiger partial charge on any atom is 0.311 e. The third-order valence-electron chi connectivity index (χ3n) is 9.21. The molecule has 0 bridgehead atoms. The van der Waals surface area contributed by atoms with Crippen molar-refractivity contribution < 1.29 is 24.2 Å². The third-order valence-corrected chi connectivity index (χ3v) is 9.61. The van der Waals surface area contributed by atoms with Gasteiger partial charge < -0.3 is 14.6 Å². The van der Waals surface area contributed by atoms with E-state index >= 15 is 0 Å².